The van der Waals surface area contributed by atoms with Gasteiger partial charge in [-0.1, -0.05) is 18.2 Å². The van der Waals surface area contributed by atoms with Gasteiger partial charge in [-0.3, -0.25) is 14.1 Å². The topological polar surface area (TPSA) is 101 Å². The maximum Gasteiger partial charge on any atom is 0.255 e. The number of benzene rings is 2. The minimum Gasteiger partial charge on any atom is -0.321 e. The summed E-state index contributed by atoms with van der Waals surface area (Å²) in [5.74, 6) is -0.229. The van der Waals surface area contributed by atoms with Crippen LogP contribution < -0.4 is 10.6 Å². The number of aromatic nitrogens is 4. The Bertz CT molecular complexity index is 1450. The van der Waals surface area contributed by atoms with Crippen LogP contribution in [-0.2, 0) is 6.54 Å². The molecule has 0 radical (unpaired) electrons. The Kier molecular flexibility index (Phi) is 5.10. The first-order valence-electron chi connectivity index (χ1n) is 10.8. The van der Waals surface area contributed by atoms with Crippen LogP contribution in [0.15, 0.2) is 58.7 Å². The van der Waals surface area contributed by atoms with Gasteiger partial charge in [-0.15, -0.1) is 11.3 Å². The highest BCUT2D eigenvalue weighted by atomic mass is 32.1. The number of piperazine rings is 1. The lowest BCUT2D eigenvalue weighted by atomic mass is 10.1. The average molecular weight is 460 g/mol. The van der Waals surface area contributed by atoms with Crippen molar-refractivity contribution in [2.24, 2.45) is 0 Å². The van der Waals surface area contributed by atoms with Crippen LogP contribution in [0, 0.1) is 0 Å². The van der Waals surface area contributed by atoms with Crippen LogP contribution in [0.5, 0.6) is 0 Å². The van der Waals surface area contributed by atoms with Gasteiger partial charge in [0.05, 0.1) is 11.4 Å². The largest absolute Gasteiger partial charge is 0.321 e. The van der Waals surface area contributed by atoms with E-state index < -0.39 is 0 Å². The van der Waals surface area contributed by atoms with Crippen molar-refractivity contribution in [3.05, 3.63) is 65.3 Å². The highest BCUT2D eigenvalue weighted by Crippen LogP contribution is 2.30. The Morgan fingerprint density at radius 2 is 1.97 bits per heavy atom. The summed E-state index contributed by atoms with van der Waals surface area (Å²) < 4.78 is 6.89. The molecule has 10 heteroatoms. The quantitative estimate of drug-likeness (QED) is 0.416. The second kappa shape index (κ2) is 8.39. The fourth-order valence-electron chi connectivity index (χ4n) is 4.10. The van der Waals surface area contributed by atoms with Crippen molar-refractivity contribution >= 4 is 38.9 Å². The number of fused-ring (bicyclic) bond motifs is 2. The first-order valence-corrected chi connectivity index (χ1v) is 11.6. The van der Waals surface area contributed by atoms with Crippen molar-refractivity contribution in [3.8, 4) is 11.3 Å². The number of carbonyl (C=O) groups is 1. The molecule has 0 saturated carbocycles. The van der Waals surface area contributed by atoms with E-state index in [1.165, 1.54) is 5.69 Å². The lowest BCUT2D eigenvalue weighted by molar-refractivity contribution is 0.102. The van der Waals surface area contributed by atoms with E-state index in [9.17, 15) is 4.79 Å². The van der Waals surface area contributed by atoms with Crippen LogP contribution >= 0.6 is 11.3 Å². The molecule has 5 aromatic rings. The van der Waals surface area contributed by atoms with Gasteiger partial charge in [0.1, 0.15) is 11.0 Å². The van der Waals surface area contributed by atoms with Crippen LogP contribution in [0.3, 0.4) is 0 Å². The van der Waals surface area contributed by atoms with Crippen LogP contribution in [0.1, 0.15) is 16.1 Å². The zero-order valence-electron chi connectivity index (χ0n) is 17.7. The number of hydrogen-bond donors (Lipinski definition) is 2. The summed E-state index contributed by atoms with van der Waals surface area (Å²) in [6.07, 6.45) is 2.06. The summed E-state index contributed by atoms with van der Waals surface area (Å²) in [5, 5.41) is 16.2. The molecule has 0 unspecified atom stereocenters. The summed E-state index contributed by atoms with van der Waals surface area (Å²) in [6.45, 7) is 5.04. The van der Waals surface area contributed by atoms with Crippen LogP contribution in [0.2, 0.25) is 0 Å². The number of carbonyl (C=O) groups excluding carboxylic acids is 1. The first-order chi connectivity index (χ1) is 16.2. The standard InChI is InChI=1S/C23H21N7O2S/c31-22(15-5-6-19-20(11-15)28-32-27-19)25-18-4-2-1-3-17(18)21-13-30-16(14-33-23(30)26-21)12-29-9-7-24-8-10-29/h1-6,11,13-14,24H,7-10,12H2,(H,25,31). The zero-order chi connectivity index (χ0) is 22.2. The Balaban J connectivity index is 1.28. The molecule has 9 nitrogen and oxygen atoms in total. The number of nitrogens with one attached hydrogen (secondary N) is 2. The molecule has 1 saturated heterocycles. The number of nitrogens with zero attached hydrogens (tertiary/aromatic N) is 5. The molecule has 1 fully saturated rings. The molecule has 1 amide bonds. The average Bonchev–Trinajstić information content (AvgIpc) is 3.57. The van der Waals surface area contributed by atoms with E-state index in [0.29, 0.717) is 22.3 Å². The molecule has 0 spiro atoms. The van der Waals surface area contributed by atoms with E-state index in [1.807, 2.05) is 24.3 Å². The number of anilines is 1. The van der Waals surface area contributed by atoms with Gasteiger partial charge in [0, 0.05) is 61.1 Å². The van der Waals surface area contributed by atoms with Gasteiger partial charge in [0.2, 0.25) is 0 Å². The van der Waals surface area contributed by atoms with Gasteiger partial charge in [-0.2, -0.15) is 0 Å². The molecular weight excluding hydrogens is 438 g/mol. The fraction of sp³-hybridized carbons (Fsp3) is 0.217. The highest BCUT2D eigenvalue weighted by molar-refractivity contribution is 7.15. The molecule has 0 aliphatic carbocycles. The molecular formula is C23H21N7O2S. The second-order valence-corrected chi connectivity index (χ2v) is 8.84. The summed E-state index contributed by atoms with van der Waals surface area (Å²) in [7, 11) is 0. The number of para-hydroxylation sites is 1. The summed E-state index contributed by atoms with van der Waals surface area (Å²) in [4.78, 5) is 21.2. The maximum atomic E-state index is 12.9. The summed E-state index contributed by atoms with van der Waals surface area (Å²) >= 11 is 1.64. The SMILES string of the molecule is O=C(Nc1ccccc1-c1cn2c(CN3CCNCC3)csc2n1)c1ccc2nonc2c1. The highest BCUT2D eigenvalue weighted by Gasteiger charge is 2.17. The van der Waals surface area contributed by atoms with Crippen molar-refractivity contribution < 1.29 is 9.42 Å². The van der Waals surface area contributed by atoms with Crippen molar-refractivity contribution in [1.29, 1.82) is 0 Å². The van der Waals surface area contributed by atoms with Gasteiger partial charge in [0.25, 0.3) is 5.91 Å². The fourth-order valence-corrected chi connectivity index (χ4v) is 4.97. The predicted molar refractivity (Wildman–Crippen MR) is 126 cm³/mol. The molecule has 2 N–H and O–H groups in total. The Labute approximate surface area is 193 Å². The van der Waals surface area contributed by atoms with Crippen molar-refractivity contribution in [1.82, 2.24) is 29.9 Å². The molecule has 0 bridgehead atoms. The molecule has 1 aliphatic rings. The third kappa shape index (κ3) is 3.88. The number of rotatable bonds is 5. The number of thiazole rings is 1. The van der Waals surface area contributed by atoms with Gasteiger partial charge >= 0.3 is 0 Å². The normalized spacial score (nSPS) is 14.8. The minimum atomic E-state index is -0.229. The van der Waals surface area contributed by atoms with E-state index in [4.69, 9.17) is 9.61 Å². The lowest BCUT2D eigenvalue weighted by Gasteiger charge is -2.26. The maximum absolute atomic E-state index is 12.9. The second-order valence-electron chi connectivity index (χ2n) is 8.00. The summed E-state index contributed by atoms with van der Waals surface area (Å²) in [5.41, 5.74) is 5.28. The molecule has 0 atom stereocenters. The zero-order valence-corrected chi connectivity index (χ0v) is 18.5. The van der Waals surface area contributed by atoms with Crippen LogP contribution in [0.25, 0.3) is 27.3 Å². The van der Waals surface area contributed by atoms with Crippen molar-refractivity contribution in [3.63, 3.8) is 0 Å². The van der Waals surface area contributed by atoms with E-state index in [-0.39, 0.29) is 5.91 Å². The lowest BCUT2D eigenvalue weighted by Crippen LogP contribution is -2.43. The van der Waals surface area contributed by atoms with E-state index in [1.54, 1.807) is 29.5 Å². The minimum absolute atomic E-state index is 0.229. The molecule has 1 aliphatic heterocycles. The monoisotopic (exact) mass is 459 g/mol. The van der Waals surface area contributed by atoms with E-state index >= 15 is 0 Å². The predicted octanol–water partition coefficient (Wildman–Crippen LogP) is 3.26. The first kappa shape index (κ1) is 20.0. The van der Waals surface area contributed by atoms with Gasteiger partial charge in [-0.25, -0.2) is 9.61 Å². The Morgan fingerprint density at radius 3 is 2.88 bits per heavy atom. The molecule has 2 aromatic carbocycles. The molecule has 4 heterocycles. The van der Waals surface area contributed by atoms with Crippen molar-refractivity contribution in [2.75, 3.05) is 31.5 Å². The number of imidazole rings is 1. The van der Waals surface area contributed by atoms with Crippen LogP contribution in [0.4, 0.5) is 5.69 Å². The van der Waals surface area contributed by atoms with Gasteiger partial charge in [-0.05, 0) is 34.6 Å². The van der Waals surface area contributed by atoms with Gasteiger partial charge in [0.15, 0.2) is 4.96 Å². The smallest absolute Gasteiger partial charge is 0.255 e. The Hall–Kier alpha value is -3.60. The third-order valence-electron chi connectivity index (χ3n) is 5.85. The molecule has 166 valence electrons. The third-order valence-corrected chi connectivity index (χ3v) is 6.73. The molecule has 3 aromatic heterocycles. The van der Waals surface area contributed by atoms with Crippen LogP contribution in [-0.4, -0.2) is 56.7 Å². The van der Waals surface area contributed by atoms with E-state index in [0.717, 1.165) is 48.9 Å². The van der Waals surface area contributed by atoms with Gasteiger partial charge < -0.3 is 10.6 Å². The molecule has 33 heavy (non-hydrogen) atoms. The Morgan fingerprint density at radius 1 is 1.12 bits per heavy atom. The number of hydrogen-bond acceptors (Lipinski definition) is 8. The number of amides is 1. The molecule has 6 rings (SSSR count). The van der Waals surface area contributed by atoms with Crippen molar-refractivity contribution in [2.45, 2.75) is 6.54 Å². The van der Waals surface area contributed by atoms with E-state index in [2.05, 4.69) is 41.8 Å². The summed E-state index contributed by atoms with van der Waals surface area (Å²) in [6, 6.07) is 12.8.